The second-order valence-corrected chi connectivity index (χ2v) is 6.09. The van der Waals surface area contributed by atoms with Crippen LogP contribution in [0.15, 0.2) is 36.7 Å². The molecule has 6 heteroatoms. The van der Waals surface area contributed by atoms with Crippen LogP contribution in [0.25, 0.3) is 11.1 Å². The van der Waals surface area contributed by atoms with Crippen molar-refractivity contribution in [2.45, 2.75) is 12.8 Å². The summed E-state index contributed by atoms with van der Waals surface area (Å²) in [6.07, 6.45) is 5.69. The summed E-state index contributed by atoms with van der Waals surface area (Å²) in [4.78, 5) is 11.0. The molecule has 1 aromatic heterocycles. The molecule has 0 spiro atoms. The van der Waals surface area contributed by atoms with Crippen LogP contribution in [0.4, 0.5) is 0 Å². The summed E-state index contributed by atoms with van der Waals surface area (Å²) in [7, 11) is 0. The summed E-state index contributed by atoms with van der Waals surface area (Å²) in [6.45, 7) is 6.12. The Morgan fingerprint density at radius 2 is 1.88 bits per heavy atom. The van der Waals surface area contributed by atoms with Gasteiger partial charge in [-0.25, -0.2) is 9.97 Å². The number of ether oxygens (including phenoxy) is 1. The highest BCUT2D eigenvalue weighted by Gasteiger charge is 2.08. The van der Waals surface area contributed by atoms with Crippen molar-refractivity contribution in [3.8, 4) is 23.2 Å². The largest absolute Gasteiger partial charge is 0.463 e. The fourth-order valence-electron chi connectivity index (χ4n) is 2.85. The van der Waals surface area contributed by atoms with E-state index in [2.05, 4.69) is 26.3 Å². The highest BCUT2D eigenvalue weighted by molar-refractivity contribution is 5.62. The van der Waals surface area contributed by atoms with Gasteiger partial charge in [0.05, 0.1) is 18.2 Å². The van der Waals surface area contributed by atoms with E-state index in [1.807, 2.05) is 12.1 Å². The van der Waals surface area contributed by atoms with Crippen LogP contribution in [-0.4, -0.2) is 54.2 Å². The van der Waals surface area contributed by atoms with Gasteiger partial charge in [-0.3, -0.25) is 0 Å². The highest BCUT2D eigenvalue weighted by atomic mass is 16.5. The molecule has 0 amide bonds. The van der Waals surface area contributed by atoms with E-state index >= 15 is 0 Å². The average Bonchev–Trinajstić information content (AvgIpc) is 2.95. The van der Waals surface area contributed by atoms with E-state index < -0.39 is 0 Å². The van der Waals surface area contributed by atoms with Crippen LogP contribution in [0.2, 0.25) is 0 Å². The van der Waals surface area contributed by atoms with Gasteiger partial charge in [-0.05, 0) is 43.6 Å². The summed E-state index contributed by atoms with van der Waals surface area (Å²) in [5.41, 5.74) is 2.54. The van der Waals surface area contributed by atoms with Crippen molar-refractivity contribution in [3.05, 3.63) is 42.2 Å². The van der Waals surface area contributed by atoms with E-state index in [0.717, 1.165) is 50.3 Å². The third kappa shape index (κ3) is 5.24. The predicted molar refractivity (Wildman–Crippen MR) is 96.2 cm³/mol. The zero-order chi connectivity index (χ0) is 17.3. The maximum atomic E-state index is 8.84. The molecule has 1 fully saturated rings. The zero-order valence-electron chi connectivity index (χ0n) is 14.3. The van der Waals surface area contributed by atoms with Crippen LogP contribution in [0.3, 0.4) is 0 Å². The summed E-state index contributed by atoms with van der Waals surface area (Å²) >= 11 is 0. The predicted octanol–water partition coefficient (Wildman–Crippen LogP) is 2.08. The first-order valence-electron chi connectivity index (χ1n) is 8.73. The van der Waals surface area contributed by atoms with Crippen molar-refractivity contribution >= 4 is 0 Å². The monoisotopic (exact) mass is 337 g/mol. The fraction of sp³-hybridized carbons (Fsp3) is 0.421. The van der Waals surface area contributed by atoms with Crippen molar-refractivity contribution in [2.24, 2.45) is 0 Å². The molecule has 1 aliphatic heterocycles. The Kier molecular flexibility index (Phi) is 6.32. The Bertz CT molecular complexity index is 685. The number of aromatic nitrogens is 2. The van der Waals surface area contributed by atoms with Crippen LogP contribution >= 0.6 is 0 Å². The molecule has 1 aromatic carbocycles. The molecule has 1 aliphatic rings. The standard InChI is InChI=1S/C19H23N5O/c20-13-16-3-5-17(6-4-16)18-14-22-19(23-15-18)25-12-2-10-24-9-1-7-21-8-11-24/h3-6,14-15,21H,1-2,7-12H2. The summed E-state index contributed by atoms with van der Waals surface area (Å²) < 4.78 is 5.65. The molecule has 0 aliphatic carbocycles. The second kappa shape index (κ2) is 9.11. The molecule has 1 saturated heterocycles. The Morgan fingerprint density at radius 1 is 1.08 bits per heavy atom. The summed E-state index contributed by atoms with van der Waals surface area (Å²) in [5.74, 6) is 0. The van der Waals surface area contributed by atoms with Gasteiger partial charge in [0.15, 0.2) is 0 Å². The minimum atomic E-state index is 0.412. The van der Waals surface area contributed by atoms with Crippen LogP contribution in [-0.2, 0) is 0 Å². The van der Waals surface area contributed by atoms with Crippen molar-refractivity contribution in [2.75, 3.05) is 39.3 Å². The third-order valence-corrected chi connectivity index (χ3v) is 4.26. The van der Waals surface area contributed by atoms with E-state index in [-0.39, 0.29) is 0 Å². The van der Waals surface area contributed by atoms with Crippen LogP contribution in [0, 0.1) is 11.3 Å². The minimum Gasteiger partial charge on any atom is -0.463 e. The molecule has 0 radical (unpaired) electrons. The maximum Gasteiger partial charge on any atom is 0.316 e. The van der Waals surface area contributed by atoms with Gasteiger partial charge in [-0.1, -0.05) is 12.1 Å². The molecule has 25 heavy (non-hydrogen) atoms. The molecule has 0 unspecified atom stereocenters. The number of rotatable bonds is 6. The lowest BCUT2D eigenvalue weighted by Gasteiger charge is -2.18. The normalized spacial score (nSPS) is 15.3. The molecule has 6 nitrogen and oxygen atoms in total. The van der Waals surface area contributed by atoms with Gasteiger partial charge >= 0.3 is 6.01 Å². The van der Waals surface area contributed by atoms with Gasteiger partial charge < -0.3 is 15.0 Å². The first-order valence-corrected chi connectivity index (χ1v) is 8.73. The van der Waals surface area contributed by atoms with E-state index in [4.69, 9.17) is 10.00 Å². The van der Waals surface area contributed by atoms with Crippen LogP contribution < -0.4 is 10.1 Å². The van der Waals surface area contributed by atoms with Gasteiger partial charge in [-0.2, -0.15) is 5.26 Å². The number of benzene rings is 1. The van der Waals surface area contributed by atoms with E-state index in [1.54, 1.807) is 24.5 Å². The first-order chi connectivity index (χ1) is 12.3. The topological polar surface area (TPSA) is 74.1 Å². The van der Waals surface area contributed by atoms with Crippen molar-refractivity contribution in [1.82, 2.24) is 20.2 Å². The van der Waals surface area contributed by atoms with Crippen molar-refractivity contribution in [3.63, 3.8) is 0 Å². The number of nitriles is 1. The fourth-order valence-corrected chi connectivity index (χ4v) is 2.85. The molecule has 130 valence electrons. The van der Waals surface area contributed by atoms with E-state index in [9.17, 15) is 0 Å². The molecular weight excluding hydrogens is 314 g/mol. The Hall–Kier alpha value is -2.49. The second-order valence-electron chi connectivity index (χ2n) is 6.09. The van der Waals surface area contributed by atoms with E-state index in [1.165, 1.54) is 6.42 Å². The number of hydrogen-bond acceptors (Lipinski definition) is 6. The SMILES string of the molecule is N#Cc1ccc(-c2cnc(OCCCN3CCCNCC3)nc2)cc1. The number of nitrogens with zero attached hydrogens (tertiary/aromatic N) is 4. The van der Waals surface area contributed by atoms with Gasteiger partial charge in [0, 0.05) is 37.6 Å². The van der Waals surface area contributed by atoms with Gasteiger partial charge in [0.2, 0.25) is 0 Å². The van der Waals surface area contributed by atoms with E-state index in [0.29, 0.717) is 18.2 Å². The molecule has 2 heterocycles. The Balaban J connectivity index is 1.45. The lowest BCUT2D eigenvalue weighted by Crippen LogP contribution is -2.29. The molecule has 2 aromatic rings. The molecule has 0 bridgehead atoms. The quantitative estimate of drug-likeness (QED) is 0.814. The van der Waals surface area contributed by atoms with Crippen molar-refractivity contribution in [1.29, 1.82) is 5.26 Å². The number of nitrogens with one attached hydrogen (secondary N) is 1. The van der Waals surface area contributed by atoms with Crippen LogP contribution in [0.1, 0.15) is 18.4 Å². The third-order valence-electron chi connectivity index (χ3n) is 4.26. The lowest BCUT2D eigenvalue weighted by atomic mass is 10.1. The average molecular weight is 337 g/mol. The van der Waals surface area contributed by atoms with Gasteiger partial charge in [0.1, 0.15) is 0 Å². The number of hydrogen-bond donors (Lipinski definition) is 1. The lowest BCUT2D eigenvalue weighted by molar-refractivity contribution is 0.234. The molecular formula is C19H23N5O. The zero-order valence-corrected chi connectivity index (χ0v) is 14.3. The Labute approximate surface area is 148 Å². The highest BCUT2D eigenvalue weighted by Crippen LogP contribution is 2.19. The summed E-state index contributed by atoms with van der Waals surface area (Å²) in [6, 6.07) is 9.90. The summed E-state index contributed by atoms with van der Waals surface area (Å²) in [5, 5.41) is 12.2. The molecule has 0 atom stereocenters. The smallest absolute Gasteiger partial charge is 0.316 e. The minimum absolute atomic E-state index is 0.412. The van der Waals surface area contributed by atoms with Gasteiger partial charge in [-0.15, -0.1) is 0 Å². The molecule has 0 saturated carbocycles. The maximum absolute atomic E-state index is 8.84. The molecule has 3 rings (SSSR count). The molecule has 1 N–H and O–H groups in total. The van der Waals surface area contributed by atoms with Crippen LogP contribution in [0.5, 0.6) is 6.01 Å². The Morgan fingerprint density at radius 3 is 2.64 bits per heavy atom. The van der Waals surface area contributed by atoms with Gasteiger partial charge in [0.25, 0.3) is 0 Å². The first kappa shape index (κ1) is 17.3. The van der Waals surface area contributed by atoms with Crippen molar-refractivity contribution < 1.29 is 4.74 Å².